The fourth-order valence-electron chi connectivity index (χ4n) is 5.32. The first-order valence-electron chi connectivity index (χ1n) is 13.5. The Morgan fingerprint density at radius 1 is 1.11 bits per heavy atom. The molecule has 0 saturated carbocycles. The van der Waals surface area contributed by atoms with Crippen LogP contribution in [0.4, 0.5) is 0 Å². The van der Waals surface area contributed by atoms with Gasteiger partial charge in [-0.3, -0.25) is 14.5 Å². The summed E-state index contributed by atoms with van der Waals surface area (Å²) in [5.74, 6) is 3.19. The summed E-state index contributed by atoms with van der Waals surface area (Å²) >= 11 is 0. The molecule has 2 aromatic carbocycles. The zero-order valence-electron chi connectivity index (χ0n) is 22.8. The summed E-state index contributed by atoms with van der Waals surface area (Å²) in [5.41, 5.74) is 1.15. The number of ether oxygens (including phenoxy) is 4. The molecule has 0 spiro atoms. The predicted molar refractivity (Wildman–Crippen MR) is 146 cm³/mol. The molecule has 2 aromatic rings. The molecular weight excluding hydrogens is 484 g/mol. The maximum absolute atomic E-state index is 13.4. The van der Waals surface area contributed by atoms with Crippen molar-refractivity contribution in [2.45, 2.75) is 45.1 Å². The Kier molecular flexibility index (Phi) is 9.90. The molecule has 38 heavy (non-hydrogen) atoms. The molecule has 1 amide bonds. The minimum absolute atomic E-state index is 0.0231. The molecule has 1 fully saturated rings. The molecule has 3 atom stereocenters. The largest absolute Gasteiger partial charge is 0.493 e. The number of carbonyl (C=O) groups is 1. The highest BCUT2D eigenvalue weighted by molar-refractivity contribution is 5.77. The van der Waals surface area contributed by atoms with Crippen LogP contribution in [0.1, 0.15) is 44.6 Å². The van der Waals surface area contributed by atoms with Gasteiger partial charge in [0, 0.05) is 31.0 Å². The van der Waals surface area contributed by atoms with E-state index in [-0.39, 0.29) is 37.1 Å². The van der Waals surface area contributed by atoms with Crippen LogP contribution < -0.4 is 18.9 Å². The van der Waals surface area contributed by atoms with E-state index in [9.17, 15) is 4.79 Å². The highest BCUT2D eigenvalue weighted by atomic mass is 16.7. The van der Waals surface area contributed by atoms with Crippen LogP contribution in [0.3, 0.4) is 0 Å². The van der Waals surface area contributed by atoms with Crippen molar-refractivity contribution in [2.75, 3.05) is 46.8 Å². The van der Waals surface area contributed by atoms with Gasteiger partial charge in [0.15, 0.2) is 23.0 Å². The number of para-hydroxylation sites is 2. The third-order valence-electron chi connectivity index (χ3n) is 7.14. The highest BCUT2D eigenvalue weighted by Crippen LogP contribution is 2.43. The Labute approximate surface area is 226 Å². The van der Waals surface area contributed by atoms with Gasteiger partial charge in [-0.2, -0.15) is 0 Å². The van der Waals surface area contributed by atoms with Gasteiger partial charge in [0.05, 0.1) is 26.9 Å². The van der Waals surface area contributed by atoms with Gasteiger partial charge >= 0.3 is 0 Å². The van der Waals surface area contributed by atoms with Crippen molar-refractivity contribution in [2.24, 2.45) is 5.92 Å². The van der Waals surface area contributed by atoms with Gasteiger partial charge in [-0.15, -0.1) is 6.58 Å². The van der Waals surface area contributed by atoms with Gasteiger partial charge in [0.25, 0.3) is 5.91 Å². The quantitative estimate of drug-likeness (QED) is 0.253. The van der Waals surface area contributed by atoms with E-state index >= 15 is 0 Å². The summed E-state index contributed by atoms with van der Waals surface area (Å²) in [4.78, 5) is 21.4. The fourth-order valence-corrected chi connectivity index (χ4v) is 5.32. The fraction of sp³-hybridized carbons (Fsp3) is 0.500. The first-order valence-corrected chi connectivity index (χ1v) is 13.5. The van der Waals surface area contributed by atoms with Gasteiger partial charge in [0.2, 0.25) is 6.79 Å². The lowest BCUT2D eigenvalue weighted by Gasteiger charge is -2.29. The second-order valence-corrected chi connectivity index (χ2v) is 9.65. The van der Waals surface area contributed by atoms with E-state index in [1.165, 1.54) is 5.06 Å². The second kappa shape index (κ2) is 13.5. The molecule has 0 aromatic heterocycles. The molecule has 2 aliphatic rings. The van der Waals surface area contributed by atoms with Crippen molar-refractivity contribution in [3.63, 3.8) is 0 Å². The number of hydroxylamine groups is 2. The lowest BCUT2D eigenvalue weighted by Crippen LogP contribution is -2.44. The minimum Gasteiger partial charge on any atom is -0.493 e. The number of nitrogens with zero attached hydrogens (tertiary/aromatic N) is 2. The Morgan fingerprint density at radius 3 is 2.63 bits per heavy atom. The number of hydrogen-bond donors (Lipinski definition) is 0. The Morgan fingerprint density at radius 2 is 1.89 bits per heavy atom. The lowest BCUT2D eigenvalue weighted by atomic mass is 9.84. The number of likely N-dealkylation sites (tertiary alicyclic amines) is 1. The average molecular weight is 525 g/mol. The normalized spacial score (nSPS) is 20.3. The number of benzene rings is 2. The number of carbonyl (C=O) groups excluding carboxylic acids is 1. The van der Waals surface area contributed by atoms with Crippen molar-refractivity contribution in [1.29, 1.82) is 0 Å². The zero-order chi connectivity index (χ0) is 26.9. The van der Waals surface area contributed by atoms with Crippen molar-refractivity contribution in [3.8, 4) is 23.0 Å². The number of hydrogen-bond acceptors (Lipinski definition) is 7. The minimum atomic E-state index is -0.0231. The summed E-state index contributed by atoms with van der Waals surface area (Å²) < 4.78 is 22.7. The van der Waals surface area contributed by atoms with Crippen LogP contribution in [0.2, 0.25) is 0 Å². The molecule has 0 bridgehead atoms. The van der Waals surface area contributed by atoms with Crippen LogP contribution in [0, 0.1) is 5.92 Å². The summed E-state index contributed by atoms with van der Waals surface area (Å²) in [6.45, 7) is 11.1. The molecule has 206 valence electrons. The maximum atomic E-state index is 13.4. The number of methoxy groups -OCH3 is 1. The van der Waals surface area contributed by atoms with Crippen LogP contribution in [0.5, 0.6) is 23.0 Å². The molecule has 2 heterocycles. The van der Waals surface area contributed by atoms with Crippen LogP contribution in [0.15, 0.2) is 55.1 Å². The van der Waals surface area contributed by atoms with Crippen molar-refractivity contribution in [1.82, 2.24) is 9.96 Å². The van der Waals surface area contributed by atoms with E-state index in [1.54, 1.807) is 7.11 Å². The van der Waals surface area contributed by atoms with Crippen LogP contribution in [0.25, 0.3) is 0 Å². The molecule has 4 rings (SSSR count). The van der Waals surface area contributed by atoms with Crippen LogP contribution >= 0.6 is 0 Å². The summed E-state index contributed by atoms with van der Waals surface area (Å²) in [5, 5.41) is 1.53. The Bertz CT molecular complexity index is 1080. The Balaban J connectivity index is 1.53. The molecule has 1 saturated heterocycles. The van der Waals surface area contributed by atoms with E-state index < -0.39 is 0 Å². The lowest BCUT2D eigenvalue weighted by molar-refractivity contribution is -0.188. The Hall–Kier alpha value is -3.23. The van der Waals surface area contributed by atoms with E-state index in [1.807, 2.05) is 50.3 Å². The standard InChI is InChI=1S/C30H40N2O6/c1-5-15-32(38-16-6-2)30(33)20-31-19-24(22-12-13-28-29(18-22)37-21-36-28)23(7-3)25(31)14-17-35-27-11-9-8-10-26(27)34-4/h7-13,18,23-25H,3,5-6,14-17,19-21H2,1-2,4H3/t23-,24-,25+/m1/s1. The second-order valence-electron chi connectivity index (χ2n) is 9.65. The zero-order valence-corrected chi connectivity index (χ0v) is 22.8. The summed E-state index contributed by atoms with van der Waals surface area (Å²) in [6, 6.07) is 13.8. The predicted octanol–water partition coefficient (Wildman–Crippen LogP) is 5.04. The third kappa shape index (κ3) is 6.42. The molecule has 0 unspecified atom stereocenters. The molecule has 0 aliphatic carbocycles. The van der Waals surface area contributed by atoms with Crippen molar-refractivity contribution >= 4 is 5.91 Å². The van der Waals surface area contributed by atoms with Gasteiger partial charge in [-0.05, 0) is 49.1 Å². The first-order chi connectivity index (χ1) is 18.6. The van der Waals surface area contributed by atoms with Crippen LogP contribution in [-0.2, 0) is 9.63 Å². The molecular formula is C30H40N2O6. The molecule has 2 aliphatic heterocycles. The first kappa shape index (κ1) is 27.8. The number of rotatable bonds is 14. The molecule has 8 nitrogen and oxygen atoms in total. The average Bonchev–Trinajstić information content (AvgIpc) is 3.55. The molecule has 0 radical (unpaired) electrons. The maximum Gasteiger partial charge on any atom is 0.260 e. The van der Waals surface area contributed by atoms with Gasteiger partial charge in [-0.25, -0.2) is 5.06 Å². The van der Waals surface area contributed by atoms with Crippen molar-refractivity contribution in [3.05, 3.63) is 60.7 Å². The highest BCUT2D eigenvalue weighted by Gasteiger charge is 2.42. The SMILES string of the molecule is C=C[C@@H]1[C@@H](c2ccc3c(c2)OCO3)CN(CC(=O)N(CCC)OCCC)[C@H]1CCOc1ccccc1OC. The summed E-state index contributed by atoms with van der Waals surface area (Å²) in [6.07, 6.45) is 4.43. The smallest absolute Gasteiger partial charge is 0.260 e. The van der Waals surface area contributed by atoms with Gasteiger partial charge in [0.1, 0.15) is 0 Å². The van der Waals surface area contributed by atoms with Crippen LogP contribution in [-0.4, -0.2) is 68.7 Å². The topological polar surface area (TPSA) is 69.7 Å². The monoisotopic (exact) mass is 524 g/mol. The number of fused-ring (bicyclic) bond motifs is 1. The molecule has 0 N–H and O–H groups in total. The van der Waals surface area contributed by atoms with E-state index in [0.29, 0.717) is 31.3 Å². The summed E-state index contributed by atoms with van der Waals surface area (Å²) in [7, 11) is 1.64. The molecule has 8 heteroatoms. The van der Waals surface area contributed by atoms with E-state index in [0.717, 1.165) is 42.9 Å². The van der Waals surface area contributed by atoms with Gasteiger partial charge < -0.3 is 18.9 Å². The third-order valence-corrected chi connectivity index (χ3v) is 7.14. The van der Waals surface area contributed by atoms with E-state index in [4.69, 9.17) is 23.8 Å². The van der Waals surface area contributed by atoms with E-state index in [2.05, 4.69) is 23.6 Å². The van der Waals surface area contributed by atoms with Crippen molar-refractivity contribution < 1.29 is 28.6 Å². The van der Waals surface area contributed by atoms with Gasteiger partial charge in [-0.1, -0.05) is 38.1 Å². The number of amides is 1.